The van der Waals surface area contributed by atoms with Crippen molar-refractivity contribution in [1.29, 1.82) is 0 Å². The minimum absolute atomic E-state index is 0.466. The zero-order valence-electron chi connectivity index (χ0n) is 11.2. The molecule has 3 heteroatoms. The molecule has 1 rings (SSSR count). The molecule has 0 saturated heterocycles. The van der Waals surface area contributed by atoms with Crippen molar-refractivity contribution in [3.8, 4) is 0 Å². The molecular formula is C13H26N2S. The second-order valence-corrected chi connectivity index (χ2v) is 5.22. The summed E-state index contributed by atoms with van der Waals surface area (Å²) in [4.78, 5) is 0. The molecule has 1 aliphatic heterocycles. The van der Waals surface area contributed by atoms with Gasteiger partial charge >= 0.3 is 0 Å². The van der Waals surface area contributed by atoms with Crippen molar-refractivity contribution in [3.05, 3.63) is 11.4 Å². The third-order valence-corrected chi connectivity index (χ3v) is 4.02. The molecule has 1 unspecified atom stereocenters. The number of allylic oxidation sites excluding steroid dienone is 2. The molecule has 0 aliphatic carbocycles. The molecule has 0 radical (unpaired) electrons. The van der Waals surface area contributed by atoms with Gasteiger partial charge in [0, 0.05) is 17.6 Å². The van der Waals surface area contributed by atoms with Crippen molar-refractivity contribution in [3.63, 3.8) is 0 Å². The predicted molar refractivity (Wildman–Crippen MR) is 74.0 cm³/mol. The summed E-state index contributed by atoms with van der Waals surface area (Å²) in [5.41, 5.74) is 3.05. The first-order chi connectivity index (χ1) is 7.74. The van der Waals surface area contributed by atoms with E-state index in [4.69, 9.17) is 0 Å². The van der Waals surface area contributed by atoms with Gasteiger partial charge in [0.05, 0.1) is 0 Å². The molecule has 1 N–H and O–H groups in total. The smallest absolute Gasteiger partial charge is 0.106 e. The molecule has 2 nitrogen and oxygen atoms in total. The van der Waals surface area contributed by atoms with Crippen molar-refractivity contribution in [2.24, 2.45) is 0 Å². The van der Waals surface area contributed by atoms with Crippen LogP contribution in [0, 0.1) is 0 Å². The third-order valence-electron chi connectivity index (χ3n) is 3.09. The molecular weight excluding hydrogens is 216 g/mol. The van der Waals surface area contributed by atoms with Crippen molar-refractivity contribution in [2.75, 3.05) is 6.26 Å². The molecule has 0 aromatic rings. The fourth-order valence-electron chi connectivity index (χ4n) is 2.20. The van der Waals surface area contributed by atoms with E-state index in [0.29, 0.717) is 6.17 Å². The summed E-state index contributed by atoms with van der Waals surface area (Å²) in [5, 5.41) is 3.63. The van der Waals surface area contributed by atoms with Crippen LogP contribution in [0.5, 0.6) is 0 Å². The quantitative estimate of drug-likeness (QED) is 0.676. The first-order valence-electron chi connectivity index (χ1n) is 6.56. The Morgan fingerprint density at radius 1 is 1.19 bits per heavy atom. The minimum Gasteiger partial charge on any atom is -0.367 e. The highest BCUT2D eigenvalue weighted by atomic mass is 32.2. The summed E-state index contributed by atoms with van der Waals surface area (Å²) in [5.74, 6) is 0. The van der Waals surface area contributed by atoms with Gasteiger partial charge in [0.15, 0.2) is 0 Å². The second kappa shape index (κ2) is 7.10. The lowest BCUT2D eigenvalue weighted by Gasteiger charge is -2.23. The summed E-state index contributed by atoms with van der Waals surface area (Å²) in [6.07, 6.45) is 10.2. The molecule has 0 spiro atoms. The number of nitrogens with one attached hydrogen (secondary N) is 1. The molecule has 1 atom stereocenters. The number of nitrogens with zero attached hydrogens (tertiary/aromatic N) is 1. The van der Waals surface area contributed by atoms with Crippen LogP contribution >= 0.6 is 11.9 Å². The Hall–Kier alpha value is -0.310. The first-order valence-corrected chi connectivity index (χ1v) is 7.74. The molecule has 0 aromatic heterocycles. The van der Waals surface area contributed by atoms with Crippen molar-refractivity contribution in [2.45, 2.75) is 65.5 Å². The van der Waals surface area contributed by atoms with E-state index in [1.54, 1.807) is 5.70 Å². The van der Waals surface area contributed by atoms with Gasteiger partial charge in [-0.05, 0) is 32.6 Å². The largest absolute Gasteiger partial charge is 0.367 e. The van der Waals surface area contributed by atoms with Gasteiger partial charge in [-0.1, -0.05) is 38.6 Å². The SMILES string of the molecule is CCCCC1=C(CCCC)N(SC)C(C)N1. The van der Waals surface area contributed by atoms with Crippen LogP contribution < -0.4 is 5.32 Å². The zero-order valence-corrected chi connectivity index (χ0v) is 12.0. The lowest BCUT2D eigenvalue weighted by atomic mass is 10.1. The van der Waals surface area contributed by atoms with Crippen molar-refractivity contribution < 1.29 is 0 Å². The van der Waals surface area contributed by atoms with E-state index in [1.807, 2.05) is 11.9 Å². The van der Waals surface area contributed by atoms with Gasteiger partial charge in [-0.2, -0.15) is 0 Å². The standard InChI is InChI=1S/C13H26N2S/c1-5-7-9-12-13(10-8-6-2)15(16-4)11(3)14-12/h11,14H,5-10H2,1-4H3. The topological polar surface area (TPSA) is 15.3 Å². The van der Waals surface area contributed by atoms with Gasteiger partial charge < -0.3 is 5.32 Å². The van der Waals surface area contributed by atoms with Crippen LogP contribution in [0.3, 0.4) is 0 Å². The van der Waals surface area contributed by atoms with Crippen LogP contribution in [0.4, 0.5) is 0 Å². The summed E-state index contributed by atoms with van der Waals surface area (Å²) in [7, 11) is 0. The van der Waals surface area contributed by atoms with E-state index >= 15 is 0 Å². The van der Waals surface area contributed by atoms with Gasteiger partial charge in [0.1, 0.15) is 6.17 Å². The highest BCUT2D eigenvalue weighted by Gasteiger charge is 2.26. The van der Waals surface area contributed by atoms with E-state index in [0.717, 1.165) is 0 Å². The molecule has 1 aliphatic rings. The monoisotopic (exact) mass is 242 g/mol. The van der Waals surface area contributed by atoms with Crippen LogP contribution in [0.1, 0.15) is 59.3 Å². The number of hydrogen-bond donors (Lipinski definition) is 1. The van der Waals surface area contributed by atoms with E-state index in [-0.39, 0.29) is 0 Å². The zero-order chi connectivity index (χ0) is 12.0. The highest BCUT2D eigenvalue weighted by Crippen LogP contribution is 2.31. The van der Waals surface area contributed by atoms with Crippen LogP contribution in [0.15, 0.2) is 11.4 Å². The summed E-state index contributed by atoms with van der Waals surface area (Å²) >= 11 is 1.85. The van der Waals surface area contributed by atoms with E-state index in [1.165, 1.54) is 44.2 Å². The lowest BCUT2D eigenvalue weighted by Crippen LogP contribution is -2.29. The second-order valence-electron chi connectivity index (χ2n) is 4.46. The Kier molecular flexibility index (Phi) is 6.10. The van der Waals surface area contributed by atoms with Crippen LogP contribution in [0.2, 0.25) is 0 Å². The van der Waals surface area contributed by atoms with Crippen LogP contribution in [-0.4, -0.2) is 16.7 Å². The number of hydrogen-bond acceptors (Lipinski definition) is 3. The molecule has 0 amide bonds. The Bertz CT molecular complexity index is 238. The van der Waals surface area contributed by atoms with Crippen molar-refractivity contribution in [1.82, 2.24) is 9.62 Å². The molecule has 0 fully saturated rings. The maximum atomic E-state index is 3.63. The minimum atomic E-state index is 0.466. The molecule has 0 aromatic carbocycles. The highest BCUT2D eigenvalue weighted by molar-refractivity contribution is 7.96. The van der Waals surface area contributed by atoms with Gasteiger partial charge in [0.2, 0.25) is 0 Å². The maximum Gasteiger partial charge on any atom is 0.106 e. The van der Waals surface area contributed by atoms with Crippen LogP contribution in [-0.2, 0) is 0 Å². The van der Waals surface area contributed by atoms with Gasteiger partial charge in [-0.3, -0.25) is 4.31 Å². The Labute approximate surface area is 105 Å². The fraction of sp³-hybridized carbons (Fsp3) is 0.846. The Balaban J connectivity index is 2.68. The average molecular weight is 242 g/mol. The molecule has 94 valence electrons. The Morgan fingerprint density at radius 3 is 2.38 bits per heavy atom. The molecule has 16 heavy (non-hydrogen) atoms. The van der Waals surface area contributed by atoms with Crippen molar-refractivity contribution >= 4 is 11.9 Å². The normalized spacial score (nSPS) is 20.5. The van der Waals surface area contributed by atoms with E-state index in [9.17, 15) is 0 Å². The molecule has 0 saturated carbocycles. The van der Waals surface area contributed by atoms with Gasteiger partial charge in [-0.25, -0.2) is 0 Å². The third kappa shape index (κ3) is 3.34. The van der Waals surface area contributed by atoms with E-state index < -0.39 is 0 Å². The van der Waals surface area contributed by atoms with Gasteiger partial charge in [0.25, 0.3) is 0 Å². The lowest BCUT2D eigenvalue weighted by molar-refractivity contribution is 0.436. The average Bonchev–Trinajstić information content (AvgIpc) is 2.59. The van der Waals surface area contributed by atoms with Crippen LogP contribution in [0.25, 0.3) is 0 Å². The summed E-state index contributed by atoms with van der Waals surface area (Å²) in [6.45, 7) is 6.78. The maximum absolute atomic E-state index is 3.63. The predicted octanol–water partition coefficient (Wildman–Crippen LogP) is 4.11. The Morgan fingerprint density at radius 2 is 1.81 bits per heavy atom. The summed E-state index contributed by atoms with van der Waals surface area (Å²) in [6, 6.07) is 0. The van der Waals surface area contributed by atoms with Gasteiger partial charge in [-0.15, -0.1) is 0 Å². The summed E-state index contributed by atoms with van der Waals surface area (Å²) < 4.78 is 2.45. The number of unbranched alkanes of at least 4 members (excludes halogenated alkanes) is 2. The number of rotatable bonds is 7. The van der Waals surface area contributed by atoms with E-state index in [2.05, 4.69) is 36.6 Å². The first kappa shape index (κ1) is 13.8. The fourth-order valence-corrected chi connectivity index (χ4v) is 3.00. The molecule has 1 heterocycles. The molecule has 0 bridgehead atoms.